The zero-order valence-corrected chi connectivity index (χ0v) is 12.3. The molecule has 0 spiro atoms. The van der Waals surface area contributed by atoms with E-state index in [1.54, 1.807) is 11.3 Å². The SMILES string of the molecule is Cc1ccccc1-n1c(-c2sccc2C)n[nH]c1=S. The third-order valence-corrected chi connectivity index (χ3v) is 4.38. The average molecular weight is 287 g/mol. The van der Waals surface area contributed by atoms with Crippen LogP contribution in [0, 0.1) is 18.6 Å². The van der Waals surface area contributed by atoms with Crippen molar-refractivity contribution in [1.29, 1.82) is 0 Å². The van der Waals surface area contributed by atoms with Gasteiger partial charge in [-0.25, -0.2) is 0 Å². The second kappa shape index (κ2) is 4.75. The Bertz CT molecular complexity index is 780. The maximum Gasteiger partial charge on any atom is 0.200 e. The van der Waals surface area contributed by atoms with Gasteiger partial charge in [0.05, 0.1) is 10.6 Å². The highest BCUT2D eigenvalue weighted by Crippen LogP contribution is 2.30. The van der Waals surface area contributed by atoms with Crippen LogP contribution in [0.3, 0.4) is 0 Å². The fraction of sp³-hybridized carbons (Fsp3) is 0.143. The maximum absolute atomic E-state index is 5.38. The van der Waals surface area contributed by atoms with Crippen LogP contribution in [0.5, 0.6) is 0 Å². The Kier molecular flexibility index (Phi) is 3.08. The van der Waals surface area contributed by atoms with Crippen molar-refractivity contribution in [3.05, 3.63) is 51.6 Å². The molecule has 3 nitrogen and oxygen atoms in total. The Labute approximate surface area is 120 Å². The lowest BCUT2D eigenvalue weighted by Gasteiger charge is -2.09. The molecule has 0 aliphatic heterocycles. The van der Waals surface area contributed by atoms with Crippen molar-refractivity contribution in [2.75, 3.05) is 0 Å². The molecule has 3 rings (SSSR count). The summed E-state index contributed by atoms with van der Waals surface area (Å²) in [7, 11) is 0. The molecule has 0 aliphatic carbocycles. The highest BCUT2D eigenvalue weighted by Gasteiger charge is 2.14. The molecule has 0 aliphatic rings. The summed E-state index contributed by atoms with van der Waals surface area (Å²) in [5.41, 5.74) is 3.47. The zero-order chi connectivity index (χ0) is 13.4. The Morgan fingerprint density at radius 3 is 2.63 bits per heavy atom. The second-order valence-electron chi connectivity index (χ2n) is 4.41. The molecule has 0 amide bonds. The number of nitrogens with one attached hydrogen (secondary N) is 1. The van der Waals surface area contributed by atoms with E-state index in [0.29, 0.717) is 4.77 Å². The van der Waals surface area contributed by atoms with E-state index in [4.69, 9.17) is 12.2 Å². The van der Waals surface area contributed by atoms with E-state index in [1.165, 1.54) is 11.1 Å². The molecule has 19 heavy (non-hydrogen) atoms. The van der Waals surface area contributed by atoms with Gasteiger partial charge in [0.1, 0.15) is 0 Å². The van der Waals surface area contributed by atoms with E-state index in [0.717, 1.165) is 16.4 Å². The monoisotopic (exact) mass is 287 g/mol. The summed E-state index contributed by atoms with van der Waals surface area (Å²) < 4.78 is 2.63. The van der Waals surface area contributed by atoms with Crippen LogP contribution in [-0.2, 0) is 0 Å². The van der Waals surface area contributed by atoms with Crippen molar-refractivity contribution in [2.24, 2.45) is 0 Å². The number of hydrogen-bond acceptors (Lipinski definition) is 3. The number of aromatic nitrogens is 3. The maximum atomic E-state index is 5.38. The summed E-state index contributed by atoms with van der Waals surface area (Å²) in [6.07, 6.45) is 0. The fourth-order valence-electron chi connectivity index (χ4n) is 2.09. The molecule has 0 saturated heterocycles. The fourth-order valence-corrected chi connectivity index (χ4v) is 3.22. The smallest absolute Gasteiger partial charge is 0.200 e. The third kappa shape index (κ3) is 2.05. The first kappa shape index (κ1) is 12.3. The summed E-state index contributed by atoms with van der Waals surface area (Å²) in [6, 6.07) is 10.3. The van der Waals surface area contributed by atoms with Gasteiger partial charge in [0, 0.05) is 0 Å². The summed E-state index contributed by atoms with van der Waals surface area (Å²) >= 11 is 7.06. The standard InChI is InChI=1S/C14H13N3S2/c1-9-5-3-4-6-11(9)17-13(15-16-14(17)18)12-10(2)7-8-19-12/h3-8H,1-2H3,(H,16,18). The van der Waals surface area contributed by atoms with Crippen LogP contribution in [0.25, 0.3) is 16.4 Å². The Balaban J connectivity index is 2.29. The van der Waals surface area contributed by atoms with E-state index in [9.17, 15) is 0 Å². The molecule has 0 fully saturated rings. The van der Waals surface area contributed by atoms with Crippen molar-refractivity contribution in [3.8, 4) is 16.4 Å². The second-order valence-corrected chi connectivity index (χ2v) is 5.71. The van der Waals surface area contributed by atoms with Gasteiger partial charge < -0.3 is 0 Å². The summed E-state index contributed by atoms with van der Waals surface area (Å²) in [5.74, 6) is 0.881. The molecule has 0 atom stereocenters. The quantitative estimate of drug-likeness (QED) is 0.714. The first-order valence-electron chi connectivity index (χ1n) is 5.96. The van der Waals surface area contributed by atoms with E-state index in [1.807, 2.05) is 16.7 Å². The molecule has 96 valence electrons. The van der Waals surface area contributed by atoms with Crippen molar-refractivity contribution in [3.63, 3.8) is 0 Å². The summed E-state index contributed by atoms with van der Waals surface area (Å²) in [4.78, 5) is 1.15. The van der Waals surface area contributed by atoms with Crippen LogP contribution in [0.2, 0.25) is 0 Å². The van der Waals surface area contributed by atoms with Crippen LogP contribution < -0.4 is 0 Å². The van der Waals surface area contributed by atoms with Crippen molar-refractivity contribution < 1.29 is 0 Å². The Morgan fingerprint density at radius 1 is 1.16 bits per heavy atom. The molecule has 0 unspecified atom stereocenters. The van der Waals surface area contributed by atoms with Gasteiger partial charge in [-0.2, -0.15) is 5.10 Å². The Hall–Kier alpha value is -1.72. The van der Waals surface area contributed by atoms with Crippen molar-refractivity contribution in [1.82, 2.24) is 14.8 Å². The predicted molar refractivity (Wildman–Crippen MR) is 81.5 cm³/mol. The zero-order valence-electron chi connectivity index (χ0n) is 10.7. The van der Waals surface area contributed by atoms with E-state index >= 15 is 0 Å². The minimum atomic E-state index is 0.622. The number of rotatable bonds is 2. The number of para-hydroxylation sites is 1. The molecular weight excluding hydrogens is 274 g/mol. The van der Waals surface area contributed by atoms with E-state index in [2.05, 4.69) is 47.6 Å². The van der Waals surface area contributed by atoms with Crippen LogP contribution in [-0.4, -0.2) is 14.8 Å². The topological polar surface area (TPSA) is 33.6 Å². The highest BCUT2D eigenvalue weighted by atomic mass is 32.1. The first-order valence-corrected chi connectivity index (χ1v) is 7.25. The molecule has 0 bridgehead atoms. The number of nitrogens with zero attached hydrogens (tertiary/aromatic N) is 2. The molecule has 0 radical (unpaired) electrons. The number of H-pyrrole nitrogens is 1. The third-order valence-electron chi connectivity index (χ3n) is 3.09. The minimum Gasteiger partial charge on any atom is -0.267 e. The molecule has 2 heterocycles. The number of benzene rings is 1. The lowest BCUT2D eigenvalue weighted by atomic mass is 10.2. The summed E-state index contributed by atoms with van der Waals surface area (Å²) in [6.45, 7) is 4.17. The van der Waals surface area contributed by atoms with E-state index in [-0.39, 0.29) is 0 Å². The molecule has 3 aromatic rings. The van der Waals surface area contributed by atoms with Gasteiger partial charge in [0.15, 0.2) is 10.6 Å². The van der Waals surface area contributed by atoms with Gasteiger partial charge in [0.2, 0.25) is 0 Å². The number of aryl methyl sites for hydroxylation is 2. The van der Waals surface area contributed by atoms with Crippen LogP contribution >= 0.6 is 23.6 Å². The average Bonchev–Trinajstić information content (AvgIpc) is 2.96. The van der Waals surface area contributed by atoms with Crippen molar-refractivity contribution in [2.45, 2.75) is 13.8 Å². The highest BCUT2D eigenvalue weighted by molar-refractivity contribution is 7.71. The van der Waals surface area contributed by atoms with Crippen molar-refractivity contribution >= 4 is 23.6 Å². The molecular formula is C14H13N3S2. The molecule has 5 heteroatoms. The van der Waals surface area contributed by atoms with Gasteiger partial charge in [-0.15, -0.1) is 11.3 Å². The molecule has 0 saturated carbocycles. The molecule has 1 N–H and O–H groups in total. The normalized spacial score (nSPS) is 10.8. The van der Waals surface area contributed by atoms with Gasteiger partial charge in [-0.1, -0.05) is 18.2 Å². The molecule has 2 aromatic heterocycles. The van der Waals surface area contributed by atoms with Crippen LogP contribution in [0.1, 0.15) is 11.1 Å². The van der Waals surface area contributed by atoms with Crippen LogP contribution in [0.15, 0.2) is 35.7 Å². The van der Waals surface area contributed by atoms with Gasteiger partial charge >= 0.3 is 0 Å². The number of hydrogen-bond donors (Lipinski definition) is 1. The van der Waals surface area contributed by atoms with Gasteiger partial charge in [0.25, 0.3) is 0 Å². The van der Waals surface area contributed by atoms with E-state index < -0.39 is 0 Å². The Morgan fingerprint density at radius 2 is 1.95 bits per heavy atom. The predicted octanol–water partition coefficient (Wildman–Crippen LogP) is 4.28. The van der Waals surface area contributed by atoms with Gasteiger partial charge in [-0.05, 0) is 54.7 Å². The lowest BCUT2D eigenvalue weighted by molar-refractivity contribution is 1.02. The van der Waals surface area contributed by atoms with Crippen LogP contribution in [0.4, 0.5) is 0 Å². The number of thiophene rings is 1. The minimum absolute atomic E-state index is 0.622. The number of aromatic amines is 1. The largest absolute Gasteiger partial charge is 0.267 e. The molecule has 1 aromatic carbocycles. The first-order chi connectivity index (χ1) is 9.18. The summed E-state index contributed by atoms with van der Waals surface area (Å²) in [5, 5.41) is 9.37. The lowest BCUT2D eigenvalue weighted by Crippen LogP contribution is -1.99. The van der Waals surface area contributed by atoms with Gasteiger partial charge in [-0.3, -0.25) is 9.67 Å².